The summed E-state index contributed by atoms with van der Waals surface area (Å²) >= 11 is 8.05. The normalized spacial score (nSPS) is 16.2. The first-order valence-electron chi connectivity index (χ1n) is 10.1. The Labute approximate surface area is 180 Å². The Kier molecular flexibility index (Phi) is 6.18. The molecule has 0 radical (unpaired) electrons. The monoisotopic (exact) mass is 428 g/mol. The zero-order chi connectivity index (χ0) is 20.4. The Morgan fingerprint density at radius 3 is 2.72 bits per heavy atom. The second-order valence-corrected chi connectivity index (χ2v) is 9.01. The van der Waals surface area contributed by atoms with Crippen LogP contribution in [-0.2, 0) is 4.79 Å². The van der Waals surface area contributed by atoms with Crippen LogP contribution in [0, 0.1) is 0 Å². The summed E-state index contributed by atoms with van der Waals surface area (Å²) < 4.78 is 3.57. The van der Waals surface area contributed by atoms with Gasteiger partial charge in [0.05, 0.1) is 16.6 Å². The van der Waals surface area contributed by atoms with Crippen molar-refractivity contribution in [3.8, 4) is 11.3 Å². The summed E-state index contributed by atoms with van der Waals surface area (Å²) in [7, 11) is 0. The number of benzene rings is 2. The third-order valence-corrected chi connectivity index (χ3v) is 7.16. The van der Waals surface area contributed by atoms with Gasteiger partial charge in [-0.05, 0) is 61.0 Å². The Morgan fingerprint density at radius 2 is 1.97 bits per heavy atom. The van der Waals surface area contributed by atoms with Crippen LogP contribution in [0.2, 0.25) is 5.02 Å². The lowest BCUT2D eigenvalue weighted by molar-refractivity contribution is -0.138. The summed E-state index contributed by atoms with van der Waals surface area (Å²) in [5.74, 6) is -1.45. The van der Waals surface area contributed by atoms with E-state index in [4.69, 9.17) is 11.6 Å². The van der Waals surface area contributed by atoms with Crippen molar-refractivity contribution in [2.45, 2.75) is 55.9 Å². The molecule has 1 saturated carbocycles. The second kappa shape index (κ2) is 8.82. The number of H-pyrrole nitrogens is 1. The van der Waals surface area contributed by atoms with E-state index in [1.54, 1.807) is 18.9 Å². The number of carboxylic acids is 1. The van der Waals surface area contributed by atoms with Crippen molar-refractivity contribution in [2.24, 2.45) is 0 Å². The summed E-state index contributed by atoms with van der Waals surface area (Å²) in [5.41, 5.74) is 3.54. The standard InChI is InChI=1S/C23H25ClN2O2S/c1-14(23(27)28)21-17-9-5-6-10-19(17)25-22(21)15-11-12-18(24)20(13-15)29-26-16-7-3-2-4-8-16/h5-6,9-14,16,25-26H,2-4,7-8H2,1H3,(H,27,28). The van der Waals surface area contributed by atoms with Crippen molar-refractivity contribution in [2.75, 3.05) is 0 Å². The maximum Gasteiger partial charge on any atom is 0.310 e. The fourth-order valence-electron chi connectivity index (χ4n) is 4.07. The van der Waals surface area contributed by atoms with Crippen LogP contribution in [0.1, 0.15) is 50.5 Å². The molecule has 1 aliphatic rings. The molecule has 0 aliphatic heterocycles. The van der Waals surface area contributed by atoms with Crippen molar-refractivity contribution in [1.82, 2.24) is 9.71 Å². The number of aliphatic carboxylic acids is 1. The molecular formula is C23H25ClN2O2S. The molecule has 4 rings (SSSR count). The fraction of sp³-hybridized carbons (Fsp3) is 0.348. The van der Waals surface area contributed by atoms with Gasteiger partial charge >= 0.3 is 5.97 Å². The molecule has 29 heavy (non-hydrogen) atoms. The molecule has 1 atom stereocenters. The number of hydrogen-bond donors (Lipinski definition) is 3. The predicted molar refractivity (Wildman–Crippen MR) is 121 cm³/mol. The molecule has 0 bridgehead atoms. The van der Waals surface area contributed by atoms with E-state index >= 15 is 0 Å². The molecule has 1 aromatic heterocycles. The lowest BCUT2D eigenvalue weighted by Gasteiger charge is -2.22. The van der Waals surface area contributed by atoms with Gasteiger partial charge in [-0.25, -0.2) is 0 Å². The Morgan fingerprint density at radius 1 is 1.21 bits per heavy atom. The van der Waals surface area contributed by atoms with E-state index < -0.39 is 11.9 Å². The molecule has 0 saturated heterocycles. The second-order valence-electron chi connectivity index (χ2n) is 7.72. The van der Waals surface area contributed by atoms with Gasteiger partial charge in [-0.15, -0.1) is 0 Å². The van der Waals surface area contributed by atoms with E-state index in [-0.39, 0.29) is 0 Å². The molecule has 1 unspecified atom stereocenters. The summed E-state index contributed by atoms with van der Waals surface area (Å²) in [4.78, 5) is 16.2. The number of carboxylic acid groups (broad SMARTS) is 1. The van der Waals surface area contributed by atoms with Gasteiger partial charge in [0, 0.05) is 21.8 Å². The average Bonchev–Trinajstić information content (AvgIpc) is 3.12. The van der Waals surface area contributed by atoms with Crippen molar-refractivity contribution in [3.63, 3.8) is 0 Å². The van der Waals surface area contributed by atoms with E-state index in [9.17, 15) is 9.90 Å². The maximum atomic E-state index is 11.8. The number of aromatic nitrogens is 1. The maximum absolute atomic E-state index is 11.8. The largest absolute Gasteiger partial charge is 0.481 e. The van der Waals surface area contributed by atoms with Gasteiger partial charge in [0.15, 0.2) is 0 Å². The van der Waals surface area contributed by atoms with E-state index in [1.165, 1.54) is 32.1 Å². The number of halogens is 1. The average molecular weight is 429 g/mol. The number of aromatic amines is 1. The third kappa shape index (κ3) is 4.32. The van der Waals surface area contributed by atoms with E-state index in [0.29, 0.717) is 11.1 Å². The van der Waals surface area contributed by atoms with Crippen molar-refractivity contribution in [3.05, 3.63) is 53.1 Å². The molecule has 3 N–H and O–H groups in total. The smallest absolute Gasteiger partial charge is 0.310 e. The molecule has 4 nitrogen and oxygen atoms in total. The zero-order valence-electron chi connectivity index (χ0n) is 16.4. The first-order chi connectivity index (χ1) is 14.0. The van der Waals surface area contributed by atoms with Crippen molar-refractivity contribution >= 4 is 40.4 Å². The van der Waals surface area contributed by atoms with Crippen LogP contribution in [0.15, 0.2) is 47.4 Å². The highest BCUT2D eigenvalue weighted by Crippen LogP contribution is 2.38. The highest BCUT2D eigenvalue weighted by molar-refractivity contribution is 7.97. The molecule has 152 valence electrons. The van der Waals surface area contributed by atoms with Crippen LogP contribution in [0.4, 0.5) is 0 Å². The minimum atomic E-state index is -0.835. The summed E-state index contributed by atoms with van der Waals surface area (Å²) in [6, 6.07) is 14.3. The lowest BCUT2D eigenvalue weighted by atomic mass is 9.95. The predicted octanol–water partition coefficient (Wildman–Crippen LogP) is 6.61. The van der Waals surface area contributed by atoms with E-state index in [2.05, 4.69) is 9.71 Å². The minimum absolute atomic E-state index is 0.518. The van der Waals surface area contributed by atoms with Gasteiger partial charge in [0.2, 0.25) is 0 Å². The first-order valence-corrected chi connectivity index (χ1v) is 11.3. The molecule has 1 heterocycles. The number of fused-ring (bicyclic) bond motifs is 1. The first kappa shape index (κ1) is 20.3. The highest BCUT2D eigenvalue weighted by Gasteiger charge is 2.24. The van der Waals surface area contributed by atoms with Gasteiger partial charge in [0.1, 0.15) is 0 Å². The molecular weight excluding hydrogens is 404 g/mol. The Hall–Kier alpha value is -1.95. The Bertz CT molecular complexity index is 1030. The van der Waals surface area contributed by atoms with Gasteiger partial charge in [-0.2, -0.15) is 0 Å². The minimum Gasteiger partial charge on any atom is -0.481 e. The van der Waals surface area contributed by atoms with Crippen LogP contribution in [0.3, 0.4) is 0 Å². The molecule has 3 aromatic rings. The topological polar surface area (TPSA) is 65.1 Å². The highest BCUT2D eigenvalue weighted by atomic mass is 35.5. The van der Waals surface area contributed by atoms with Crippen LogP contribution in [-0.4, -0.2) is 22.1 Å². The van der Waals surface area contributed by atoms with Gasteiger partial charge in [-0.1, -0.05) is 55.1 Å². The van der Waals surface area contributed by atoms with Crippen LogP contribution in [0.5, 0.6) is 0 Å². The number of rotatable bonds is 6. The molecule has 6 heteroatoms. The molecule has 1 aliphatic carbocycles. The summed E-state index contributed by atoms with van der Waals surface area (Å²) in [6.45, 7) is 1.73. The van der Waals surface area contributed by atoms with E-state index in [0.717, 1.165) is 32.6 Å². The van der Waals surface area contributed by atoms with E-state index in [1.807, 2.05) is 42.5 Å². The molecule has 2 aromatic carbocycles. The van der Waals surface area contributed by atoms with Crippen molar-refractivity contribution in [1.29, 1.82) is 0 Å². The fourth-order valence-corrected chi connectivity index (χ4v) is 5.18. The van der Waals surface area contributed by atoms with Gasteiger partial charge in [-0.3, -0.25) is 9.52 Å². The quantitative estimate of drug-likeness (QED) is 0.386. The summed E-state index contributed by atoms with van der Waals surface area (Å²) in [6.07, 6.45) is 6.28. The molecule has 0 spiro atoms. The third-order valence-electron chi connectivity index (χ3n) is 5.71. The summed E-state index contributed by atoms with van der Waals surface area (Å²) in [5, 5.41) is 11.3. The lowest BCUT2D eigenvalue weighted by Crippen LogP contribution is -2.25. The number of hydrogen-bond acceptors (Lipinski definition) is 3. The number of nitrogens with one attached hydrogen (secondary N) is 2. The number of carbonyl (C=O) groups is 1. The zero-order valence-corrected chi connectivity index (χ0v) is 17.9. The molecule has 0 amide bonds. The number of para-hydroxylation sites is 1. The van der Waals surface area contributed by atoms with Gasteiger partial charge in [0.25, 0.3) is 0 Å². The Balaban J connectivity index is 1.70. The van der Waals surface area contributed by atoms with Gasteiger partial charge < -0.3 is 10.1 Å². The molecule has 1 fully saturated rings. The van der Waals surface area contributed by atoms with Crippen molar-refractivity contribution < 1.29 is 9.90 Å². The van der Waals surface area contributed by atoms with Crippen LogP contribution >= 0.6 is 23.5 Å². The SMILES string of the molecule is CC(C(=O)O)c1c(-c2ccc(Cl)c(SNC3CCCCC3)c2)[nH]c2ccccc12. The van der Waals surface area contributed by atoms with Crippen LogP contribution in [0.25, 0.3) is 22.2 Å². The van der Waals surface area contributed by atoms with Crippen LogP contribution < -0.4 is 4.72 Å².